The molecule has 0 aromatic heterocycles. The van der Waals surface area contributed by atoms with Crippen molar-refractivity contribution < 1.29 is 19.2 Å². The van der Waals surface area contributed by atoms with Crippen LogP contribution in [0.1, 0.15) is 0 Å². The zero-order chi connectivity index (χ0) is 4.50. The second-order valence-corrected chi connectivity index (χ2v) is 1.54. The maximum atomic E-state index is 8.88. The SMILES string of the molecule is Cl.O=P(O)(O)O.[KH].[KH].[NaH]. The van der Waals surface area contributed by atoms with E-state index in [-0.39, 0.29) is 145 Å². The van der Waals surface area contributed by atoms with Crippen molar-refractivity contribution in [2.75, 3.05) is 0 Å². The first-order valence-electron chi connectivity index (χ1n) is 0.783. The Morgan fingerprint density at radius 3 is 1.00 bits per heavy atom. The van der Waals surface area contributed by atoms with Gasteiger partial charge in [-0.15, -0.1) is 12.4 Å². The van der Waals surface area contributed by atoms with Crippen molar-refractivity contribution in [2.45, 2.75) is 0 Å². The molecule has 0 unspecified atom stereocenters. The third-order valence-corrected chi connectivity index (χ3v) is 0. The van der Waals surface area contributed by atoms with E-state index < -0.39 is 7.82 Å². The van der Waals surface area contributed by atoms with Gasteiger partial charge < -0.3 is 14.7 Å². The molecular weight excluding hydrogens is 232 g/mol. The second-order valence-electron chi connectivity index (χ2n) is 0.513. The molecule has 0 saturated carbocycles. The van der Waals surface area contributed by atoms with E-state index in [1.165, 1.54) is 0 Å². The third kappa shape index (κ3) is 66.1. The van der Waals surface area contributed by atoms with Crippen LogP contribution in [0, 0.1) is 0 Å². The fourth-order valence-corrected chi connectivity index (χ4v) is 0. The molecule has 4 nitrogen and oxygen atoms in total. The van der Waals surface area contributed by atoms with Crippen LogP contribution in [0.3, 0.4) is 0 Å². The van der Waals surface area contributed by atoms with Gasteiger partial charge in [0.2, 0.25) is 0 Å². The Balaban J connectivity index is -0.0000000133. The van der Waals surface area contributed by atoms with E-state index >= 15 is 0 Å². The van der Waals surface area contributed by atoms with Gasteiger partial charge in [-0.3, -0.25) is 0 Å². The first-order chi connectivity index (χ1) is 2.00. The molecule has 0 aromatic carbocycles. The zero-order valence-corrected chi connectivity index (χ0v) is 4.32. The molecule has 0 rings (SSSR count). The molecule has 0 aliphatic rings. The van der Waals surface area contributed by atoms with Crippen molar-refractivity contribution in [3.63, 3.8) is 0 Å². The van der Waals surface area contributed by atoms with Gasteiger partial charge in [-0.05, 0) is 0 Å². The van der Waals surface area contributed by atoms with Crippen LogP contribution in [0.5, 0.6) is 0 Å². The summed E-state index contributed by atoms with van der Waals surface area (Å²) >= 11 is 0. The molecule has 0 heterocycles. The first kappa shape index (κ1) is 29.2. The summed E-state index contributed by atoms with van der Waals surface area (Å²) in [5.41, 5.74) is 0. The van der Waals surface area contributed by atoms with Gasteiger partial charge in [0, 0.05) is 0 Å². The third-order valence-electron chi connectivity index (χ3n) is 0. The van der Waals surface area contributed by atoms with Crippen LogP contribution in [0.25, 0.3) is 0 Å². The van der Waals surface area contributed by atoms with E-state index in [9.17, 15) is 0 Å². The van der Waals surface area contributed by atoms with Gasteiger partial charge in [0.25, 0.3) is 0 Å². The number of phosphoric acid groups is 1. The van der Waals surface area contributed by atoms with Crippen LogP contribution in [0.4, 0.5) is 0 Å². The Labute approximate surface area is 167 Å². The average Bonchev–Trinajstić information content (AvgIpc) is 0.722. The van der Waals surface area contributed by atoms with Gasteiger partial charge in [-0.1, -0.05) is 0 Å². The van der Waals surface area contributed by atoms with Gasteiger partial charge in [0.1, 0.15) is 0 Å². The summed E-state index contributed by atoms with van der Waals surface area (Å²) in [5, 5.41) is 0. The van der Waals surface area contributed by atoms with E-state index in [1.807, 2.05) is 0 Å². The van der Waals surface area contributed by atoms with E-state index in [4.69, 9.17) is 19.2 Å². The normalized spacial score (nSPS) is 6.56. The van der Waals surface area contributed by atoms with Gasteiger partial charge in [0.05, 0.1) is 0 Å². The molecule has 3 N–H and O–H groups in total. The minimum atomic E-state index is -4.64. The summed E-state index contributed by atoms with van der Waals surface area (Å²) in [7, 11) is -4.64. The Kier molecular flexibility index (Phi) is 49.2. The molecule has 0 atom stereocenters. The van der Waals surface area contributed by atoms with Crippen molar-refractivity contribution in [1.29, 1.82) is 0 Å². The first-order valence-corrected chi connectivity index (χ1v) is 2.35. The molecule has 46 valence electrons. The summed E-state index contributed by atoms with van der Waals surface area (Å²) in [6, 6.07) is 0. The maximum absolute atomic E-state index is 8.88. The number of hydrogen-bond donors (Lipinski definition) is 3. The van der Waals surface area contributed by atoms with Crippen LogP contribution < -0.4 is 0 Å². The summed E-state index contributed by atoms with van der Waals surface area (Å²) in [6.07, 6.45) is 0. The van der Waals surface area contributed by atoms with Crippen molar-refractivity contribution in [1.82, 2.24) is 0 Å². The molecule has 9 heavy (non-hydrogen) atoms. The molecule has 0 amide bonds. The predicted octanol–water partition coefficient (Wildman–Crippen LogP) is -2.45. The Hall–Kier alpha value is 4.67. The molecular formula is H7ClK2NaO4P. The van der Waals surface area contributed by atoms with Crippen LogP contribution in [-0.2, 0) is 4.57 Å². The van der Waals surface area contributed by atoms with Crippen molar-refractivity contribution in [2.24, 2.45) is 0 Å². The molecule has 0 aliphatic heterocycles. The van der Waals surface area contributed by atoms with Crippen molar-refractivity contribution in [3.05, 3.63) is 0 Å². The fourth-order valence-electron chi connectivity index (χ4n) is 0. The molecule has 0 aliphatic carbocycles. The fraction of sp³-hybridized carbons (Fsp3) is 0. The number of hydrogen-bond acceptors (Lipinski definition) is 1. The minimum absolute atomic E-state index is 0. The number of rotatable bonds is 0. The average molecular weight is 239 g/mol. The van der Waals surface area contributed by atoms with Crippen LogP contribution in [0.15, 0.2) is 0 Å². The number of halogens is 1. The monoisotopic (exact) mass is 238 g/mol. The Morgan fingerprint density at radius 1 is 1.00 bits per heavy atom. The van der Waals surface area contributed by atoms with E-state index in [0.717, 1.165) is 0 Å². The molecule has 0 aromatic rings. The van der Waals surface area contributed by atoms with E-state index in [1.54, 1.807) is 0 Å². The molecule has 0 saturated heterocycles. The molecule has 0 radical (unpaired) electrons. The van der Waals surface area contributed by atoms with Crippen LogP contribution in [0.2, 0.25) is 0 Å². The van der Waals surface area contributed by atoms with Crippen LogP contribution >= 0.6 is 20.2 Å². The molecule has 9 heteroatoms. The standard InChI is InChI=1S/ClH.2K.Na.H3O4P.3H/c;;;;1-5(2,3)4;;;/h1H;;;;(H3,1,2,3,4);;;. The van der Waals surface area contributed by atoms with E-state index in [2.05, 4.69) is 0 Å². The summed E-state index contributed by atoms with van der Waals surface area (Å²) < 4.78 is 8.88. The van der Waals surface area contributed by atoms with Gasteiger partial charge in [-0.2, -0.15) is 0 Å². The van der Waals surface area contributed by atoms with E-state index in [0.29, 0.717) is 0 Å². The van der Waals surface area contributed by atoms with Gasteiger partial charge in [-0.25, -0.2) is 4.57 Å². The topological polar surface area (TPSA) is 77.8 Å². The zero-order valence-electron chi connectivity index (χ0n) is 2.61. The summed E-state index contributed by atoms with van der Waals surface area (Å²) in [6.45, 7) is 0. The molecule has 0 fully saturated rings. The molecule has 0 spiro atoms. The quantitative estimate of drug-likeness (QED) is 0.323. The van der Waals surface area contributed by atoms with Crippen LogP contribution in [-0.4, -0.2) is 147 Å². The summed E-state index contributed by atoms with van der Waals surface area (Å²) in [5.74, 6) is 0. The molecule has 0 bridgehead atoms. The Bertz CT molecular complexity index is 64.7. The second kappa shape index (κ2) is 15.2. The van der Waals surface area contributed by atoms with Gasteiger partial charge >= 0.3 is 140 Å². The van der Waals surface area contributed by atoms with Crippen molar-refractivity contribution in [3.8, 4) is 0 Å². The van der Waals surface area contributed by atoms with Crippen molar-refractivity contribution >= 4 is 153 Å². The summed E-state index contributed by atoms with van der Waals surface area (Å²) in [4.78, 5) is 21.6. The predicted molar refractivity (Wildman–Crippen MR) is 43.0 cm³/mol. The Morgan fingerprint density at radius 2 is 1.00 bits per heavy atom. The van der Waals surface area contributed by atoms with Gasteiger partial charge in [0.15, 0.2) is 0 Å².